The minimum absolute atomic E-state index is 0.731. The summed E-state index contributed by atoms with van der Waals surface area (Å²) in [6.45, 7) is 4.42. The molecule has 0 aliphatic carbocycles. The molecular weight excluding hydrogens is 94.9 g/mol. The normalized spacial score (nSPS) is 13.8. The van der Waals surface area contributed by atoms with Crippen LogP contribution in [0.3, 0.4) is 0 Å². The summed E-state index contributed by atoms with van der Waals surface area (Å²) in [4.78, 5) is 0. The summed E-state index contributed by atoms with van der Waals surface area (Å²) < 4.78 is 0. The summed E-state index contributed by atoms with van der Waals surface area (Å²) in [5.74, 6) is 0.731. The Balaban J connectivity index is 2.86. The molecule has 0 fully saturated rings. The molecule has 0 aromatic carbocycles. The Morgan fingerprint density at radius 1 is 1.50 bits per heavy atom. The molecule has 0 bridgehead atoms. The predicted octanol–water partition coefficient (Wildman–Crippen LogP) is 2.40. The predicted molar refractivity (Wildman–Crippen MR) is 39.2 cm³/mol. The van der Waals surface area contributed by atoms with E-state index in [0.717, 1.165) is 12.2 Å². The number of hydrogen-bond acceptors (Lipinski definition) is 0. The zero-order valence-corrected chi connectivity index (χ0v) is 5.98. The van der Waals surface area contributed by atoms with Crippen molar-refractivity contribution >= 4 is 7.85 Å². The summed E-state index contributed by atoms with van der Waals surface area (Å²) in [5.41, 5.74) is 0. The number of hydrogen-bond donors (Lipinski definition) is 0. The number of unbranched alkanes of at least 4 members (excludes halogenated alkanes) is 1. The molecule has 0 N–H and O–H groups in total. The highest BCUT2D eigenvalue weighted by atomic mass is 14.0. The van der Waals surface area contributed by atoms with Gasteiger partial charge in [0.25, 0.3) is 0 Å². The molecule has 0 aromatic rings. The number of rotatable bonds is 4. The Bertz CT molecular complexity index is 43.7. The van der Waals surface area contributed by atoms with Crippen LogP contribution < -0.4 is 0 Å². The van der Waals surface area contributed by atoms with Gasteiger partial charge in [0.1, 0.15) is 0 Å². The summed E-state index contributed by atoms with van der Waals surface area (Å²) in [5, 5.41) is 0. The first-order valence-corrected chi connectivity index (χ1v) is 3.51. The molecule has 0 amide bonds. The van der Waals surface area contributed by atoms with Crippen molar-refractivity contribution in [2.45, 2.75) is 39.4 Å². The Morgan fingerprint density at radius 3 is 2.50 bits per heavy atom. The second-order valence-corrected chi connectivity index (χ2v) is 2.48. The fourth-order valence-corrected chi connectivity index (χ4v) is 0.670. The fraction of sp³-hybridized carbons (Fsp3) is 1.00. The van der Waals surface area contributed by atoms with Gasteiger partial charge in [-0.2, -0.15) is 0 Å². The van der Waals surface area contributed by atoms with Crippen LogP contribution in [0.1, 0.15) is 33.1 Å². The topological polar surface area (TPSA) is 0 Å². The molecule has 0 aromatic heterocycles. The van der Waals surface area contributed by atoms with E-state index >= 15 is 0 Å². The van der Waals surface area contributed by atoms with Crippen LogP contribution in [-0.2, 0) is 0 Å². The Hall–Kier alpha value is 0.0649. The fourth-order valence-electron chi connectivity index (χ4n) is 0.670. The van der Waals surface area contributed by atoms with Crippen LogP contribution in [0, 0.1) is 5.92 Å². The van der Waals surface area contributed by atoms with Crippen molar-refractivity contribution in [3.63, 3.8) is 0 Å². The first-order valence-electron chi connectivity index (χ1n) is 3.51. The lowest BCUT2D eigenvalue weighted by Gasteiger charge is -2.04. The van der Waals surface area contributed by atoms with Gasteiger partial charge in [0, 0.05) is 0 Å². The standard InChI is InChI=1S/C7H15B/c1-3-4-5-7(2)6-8/h7H,3-6H2,1-2H3/t7-/m0/s1. The van der Waals surface area contributed by atoms with Crippen LogP contribution in [0.2, 0.25) is 6.32 Å². The molecule has 0 saturated heterocycles. The van der Waals surface area contributed by atoms with E-state index < -0.39 is 0 Å². The summed E-state index contributed by atoms with van der Waals surface area (Å²) in [6, 6.07) is 0. The molecule has 1 heteroatoms. The molecule has 1 atom stereocenters. The van der Waals surface area contributed by atoms with E-state index in [1.807, 2.05) is 0 Å². The molecule has 0 aliphatic heterocycles. The van der Waals surface area contributed by atoms with E-state index in [1.165, 1.54) is 19.3 Å². The van der Waals surface area contributed by atoms with Crippen molar-refractivity contribution in [1.29, 1.82) is 0 Å². The highest BCUT2D eigenvalue weighted by molar-refractivity contribution is 6.08. The van der Waals surface area contributed by atoms with Gasteiger partial charge < -0.3 is 0 Å². The van der Waals surface area contributed by atoms with Crippen LogP contribution in [-0.4, -0.2) is 7.85 Å². The first-order chi connectivity index (χ1) is 3.81. The van der Waals surface area contributed by atoms with E-state index in [-0.39, 0.29) is 0 Å². The highest BCUT2D eigenvalue weighted by Gasteiger charge is 1.94. The van der Waals surface area contributed by atoms with E-state index in [2.05, 4.69) is 13.8 Å². The van der Waals surface area contributed by atoms with Gasteiger partial charge >= 0.3 is 0 Å². The Kier molecular flexibility index (Phi) is 5.25. The maximum Gasteiger partial charge on any atom is 0.0656 e. The largest absolute Gasteiger partial charge is 0.0862 e. The van der Waals surface area contributed by atoms with Gasteiger partial charge in [-0.15, -0.1) is 0 Å². The van der Waals surface area contributed by atoms with Crippen LogP contribution in [0.4, 0.5) is 0 Å². The van der Waals surface area contributed by atoms with E-state index in [9.17, 15) is 0 Å². The summed E-state index contributed by atoms with van der Waals surface area (Å²) in [7, 11) is 5.41. The van der Waals surface area contributed by atoms with Crippen LogP contribution in [0.15, 0.2) is 0 Å². The molecule has 46 valence electrons. The maximum atomic E-state index is 5.41. The van der Waals surface area contributed by atoms with Crippen LogP contribution in [0.25, 0.3) is 0 Å². The van der Waals surface area contributed by atoms with Gasteiger partial charge in [0.15, 0.2) is 0 Å². The molecule has 0 rings (SSSR count). The third-order valence-electron chi connectivity index (χ3n) is 1.45. The molecule has 2 radical (unpaired) electrons. The minimum atomic E-state index is 0.731. The van der Waals surface area contributed by atoms with Crippen molar-refractivity contribution in [2.75, 3.05) is 0 Å². The summed E-state index contributed by atoms with van der Waals surface area (Å²) in [6.07, 6.45) is 4.77. The van der Waals surface area contributed by atoms with Gasteiger partial charge in [-0.05, 0) is 0 Å². The third kappa shape index (κ3) is 4.23. The zero-order valence-electron chi connectivity index (χ0n) is 5.98. The average molecular weight is 110 g/mol. The smallest absolute Gasteiger partial charge is 0.0656 e. The lowest BCUT2D eigenvalue weighted by Crippen LogP contribution is -1.91. The van der Waals surface area contributed by atoms with Crippen molar-refractivity contribution in [1.82, 2.24) is 0 Å². The van der Waals surface area contributed by atoms with Gasteiger partial charge in [0.05, 0.1) is 7.85 Å². The van der Waals surface area contributed by atoms with Gasteiger partial charge in [-0.25, -0.2) is 0 Å². The third-order valence-corrected chi connectivity index (χ3v) is 1.45. The zero-order chi connectivity index (χ0) is 6.41. The average Bonchev–Trinajstić information content (AvgIpc) is 1.83. The maximum absolute atomic E-state index is 5.41. The lowest BCUT2D eigenvalue weighted by atomic mass is 9.89. The molecular formula is C7H15B. The van der Waals surface area contributed by atoms with Crippen molar-refractivity contribution in [2.24, 2.45) is 5.92 Å². The lowest BCUT2D eigenvalue weighted by molar-refractivity contribution is 0.549. The van der Waals surface area contributed by atoms with Gasteiger partial charge in [-0.3, -0.25) is 0 Å². The molecule has 0 spiro atoms. The second kappa shape index (κ2) is 5.21. The van der Waals surface area contributed by atoms with Crippen molar-refractivity contribution in [3.05, 3.63) is 0 Å². The van der Waals surface area contributed by atoms with Crippen molar-refractivity contribution < 1.29 is 0 Å². The molecule has 0 heterocycles. The van der Waals surface area contributed by atoms with Gasteiger partial charge in [0.2, 0.25) is 0 Å². The van der Waals surface area contributed by atoms with E-state index in [1.54, 1.807) is 0 Å². The second-order valence-electron chi connectivity index (χ2n) is 2.48. The molecule has 0 nitrogen and oxygen atoms in total. The van der Waals surface area contributed by atoms with E-state index in [0.29, 0.717) is 0 Å². The van der Waals surface area contributed by atoms with E-state index in [4.69, 9.17) is 7.85 Å². The van der Waals surface area contributed by atoms with Crippen LogP contribution in [0.5, 0.6) is 0 Å². The first kappa shape index (κ1) is 8.06. The van der Waals surface area contributed by atoms with Gasteiger partial charge in [-0.1, -0.05) is 45.3 Å². The highest BCUT2D eigenvalue weighted by Crippen LogP contribution is 2.09. The van der Waals surface area contributed by atoms with Crippen LogP contribution >= 0.6 is 0 Å². The monoisotopic (exact) mass is 110 g/mol. The van der Waals surface area contributed by atoms with Crippen molar-refractivity contribution in [3.8, 4) is 0 Å². The molecule has 0 saturated carbocycles. The summed E-state index contributed by atoms with van der Waals surface area (Å²) >= 11 is 0. The Labute approximate surface area is 54.1 Å². The minimum Gasteiger partial charge on any atom is -0.0862 e. The molecule has 0 unspecified atom stereocenters. The quantitative estimate of drug-likeness (QED) is 0.487. The SMILES string of the molecule is [B]C[C@@H](C)CCCC. The molecule has 0 aliphatic rings. The molecule has 8 heavy (non-hydrogen) atoms. The Morgan fingerprint density at radius 2 is 2.12 bits per heavy atom.